The first-order valence-corrected chi connectivity index (χ1v) is 16.4. The predicted molar refractivity (Wildman–Crippen MR) is 174 cm³/mol. The number of aryl methyl sites for hydroxylation is 1. The summed E-state index contributed by atoms with van der Waals surface area (Å²) in [6, 6.07) is 23.5. The molecule has 3 aromatic carbocycles. The van der Waals surface area contributed by atoms with E-state index in [4.69, 9.17) is 4.74 Å². The molecule has 1 saturated heterocycles. The number of benzene rings is 3. The second-order valence-electron chi connectivity index (χ2n) is 12.1. The van der Waals surface area contributed by atoms with Gasteiger partial charge in [0.25, 0.3) is 5.91 Å². The van der Waals surface area contributed by atoms with E-state index in [0.29, 0.717) is 38.4 Å². The van der Waals surface area contributed by atoms with Gasteiger partial charge in [0.15, 0.2) is 0 Å². The molecule has 2 fully saturated rings. The largest absolute Gasteiger partial charge is 0.492 e. The summed E-state index contributed by atoms with van der Waals surface area (Å²) >= 11 is 3.41. The highest BCUT2D eigenvalue weighted by Crippen LogP contribution is 2.37. The molecule has 6 rings (SSSR count). The van der Waals surface area contributed by atoms with E-state index in [1.165, 1.54) is 23.3 Å². The fourth-order valence-corrected chi connectivity index (χ4v) is 6.79. The Hall–Kier alpha value is -3.49. The Morgan fingerprint density at radius 1 is 1.00 bits per heavy atom. The van der Waals surface area contributed by atoms with Gasteiger partial charge < -0.3 is 19.9 Å². The van der Waals surface area contributed by atoms with Gasteiger partial charge in [-0.15, -0.1) is 0 Å². The molecule has 2 atom stereocenters. The Morgan fingerprint density at radius 3 is 2.48 bits per heavy atom. The minimum absolute atomic E-state index is 0.0537. The Labute approximate surface area is 267 Å². The van der Waals surface area contributed by atoms with Crippen molar-refractivity contribution in [2.45, 2.75) is 63.6 Å². The van der Waals surface area contributed by atoms with Gasteiger partial charge >= 0.3 is 0 Å². The zero-order chi connectivity index (χ0) is 30.6. The highest BCUT2D eigenvalue weighted by atomic mass is 79.9. The third-order valence-electron chi connectivity index (χ3n) is 8.88. The van der Waals surface area contributed by atoms with Crippen molar-refractivity contribution in [3.05, 3.63) is 105 Å². The molecule has 3 aromatic rings. The normalized spacial score (nSPS) is 19.6. The summed E-state index contributed by atoms with van der Waals surface area (Å²) in [5.74, 6) is 0.342. The van der Waals surface area contributed by atoms with E-state index >= 15 is 0 Å². The van der Waals surface area contributed by atoms with Gasteiger partial charge in [0.2, 0.25) is 5.91 Å². The molecule has 2 bridgehead atoms. The van der Waals surface area contributed by atoms with Crippen molar-refractivity contribution < 1.29 is 18.7 Å². The molecule has 2 aliphatic heterocycles. The summed E-state index contributed by atoms with van der Waals surface area (Å²) in [5.41, 5.74) is 5.40. The number of hydrogen-bond acceptors (Lipinski definition) is 4. The minimum atomic E-state index is -0.321. The van der Waals surface area contributed by atoms with Crippen LogP contribution in [-0.4, -0.2) is 66.0 Å². The van der Waals surface area contributed by atoms with Crippen molar-refractivity contribution in [1.29, 1.82) is 0 Å². The molecule has 1 saturated carbocycles. The quantitative estimate of drug-likeness (QED) is 0.250. The summed E-state index contributed by atoms with van der Waals surface area (Å²) < 4.78 is 20.1. The number of nitrogens with one attached hydrogen (secondary N) is 1. The number of carbonyl (C=O) groups excluding carboxylic acids is 2. The molecular formula is C36H39BrFN3O3. The number of piperazine rings is 1. The number of fused-ring (bicyclic) bond motifs is 2. The molecule has 44 heavy (non-hydrogen) atoms. The second kappa shape index (κ2) is 13.7. The van der Waals surface area contributed by atoms with Crippen LogP contribution in [0.2, 0.25) is 0 Å². The minimum Gasteiger partial charge on any atom is -0.492 e. The van der Waals surface area contributed by atoms with Gasteiger partial charge in [-0.25, -0.2) is 4.39 Å². The van der Waals surface area contributed by atoms with Crippen molar-refractivity contribution in [1.82, 2.24) is 15.1 Å². The summed E-state index contributed by atoms with van der Waals surface area (Å²) in [6.45, 7) is 3.94. The highest BCUT2D eigenvalue weighted by Gasteiger charge is 2.42. The standard InChI is InChI=1S/C36H39BrFN3O3/c1-24(42)40-22-29-21-31(27-11-9-26(10-12-27)8-5-19-44-34-20-28(38)13-16-32(34)37)35(33(23-40)39-29)36(43)41(30-14-15-30)18-17-25-6-3-2-4-7-25/h2-4,6-7,9-13,16,20,29-30,33,39H,5,8,14-15,17-19,21-23H2,1H3/t29?,33-/m1/s1. The molecule has 230 valence electrons. The maximum atomic E-state index is 14.4. The monoisotopic (exact) mass is 659 g/mol. The van der Waals surface area contributed by atoms with Crippen molar-refractivity contribution >= 4 is 33.3 Å². The molecule has 1 aliphatic carbocycles. The van der Waals surface area contributed by atoms with E-state index in [1.54, 1.807) is 13.0 Å². The Morgan fingerprint density at radius 2 is 1.75 bits per heavy atom. The summed E-state index contributed by atoms with van der Waals surface area (Å²) in [6.07, 6.45) is 5.22. The number of hydrogen-bond donors (Lipinski definition) is 1. The molecule has 0 aromatic heterocycles. The molecule has 8 heteroatoms. The van der Waals surface area contributed by atoms with Crippen molar-refractivity contribution in [2.75, 3.05) is 26.2 Å². The van der Waals surface area contributed by atoms with Crippen molar-refractivity contribution in [3.8, 4) is 5.75 Å². The second-order valence-corrected chi connectivity index (χ2v) is 13.0. The molecule has 1 unspecified atom stereocenters. The predicted octanol–water partition coefficient (Wildman–Crippen LogP) is 6.18. The van der Waals surface area contributed by atoms with Crippen molar-refractivity contribution in [3.63, 3.8) is 0 Å². The van der Waals surface area contributed by atoms with Crippen LogP contribution in [0.1, 0.15) is 49.3 Å². The van der Waals surface area contributed by atoms with Gasteiger partial charge in [-0.05, 0) is 88.9 Å². The maximum absolute atomic E-state index is 14.4. The third-order valence-corrected chi connectivity index (χ3v) is 9.53. The fourth-order valence-electron chi connectivity index (χ4n) is 6.43. The van der Waals surface area contributed by atoms with Crippen LogP contribution in [0.5, 0.6) is 5.75 Å². The van der Waals surface area contributed by atoms with Crippen LogP contribution in [0.25, 0.3) is 5.57 Å². The van der Waals surface area contributed by atoms with E-state index < -0.39 is 0 Å². The van der Waals surface area contributed by atoms with Gasteiger partial charge in [0.05, 0.1) is 17.1 Å². The van der Waals surface area contributed by atoms with Crippen LogP contribution in [0.4, 0.5) is 4.39 Å². The fraction of sp³-hybridized carbons (Fsp3) is 0.389. The van der Waals surface area contributed by atoms with Crippen LogP contribution in [-0.2, 0) is 22.4 Å². The lowest BCUT2D eigenvalue weighted by atomic mass is 9.82. The third kappa shape index (κ3) is 7.24. The van der Waals surface area contributed by atoms with Crippen LogP contribution in [0, 0.1) is 5.82 Å². The molecule has 6 nitrogen and oxygen atoms in total. The summed E-state index contributed by atoms with van der Waals surface area (Å²) in [4.78, 5) is 30.8. The van der Waals surface area contributed by atoms with Crippen LogP contribution >= 0.6 is 15.9 Å². The van der Waals surface area contributed by atoms with Gasteiger partial charge in [0, 0.05) is 50.3 Å². The van der Waals surface area contributed by atoms with E-state index in [2.05, 4.69) is 62.5 Å². The topological polar surface area (TPSA) is 61.9 Å². The Bertz CT molecular complexity index is 1520. The average molecular weight is 661 g/mol. The van der Waals surface area contributed by atoms with E-state index in [0.717, 1.165) is 53.3 Å². The van der Waals surface area contributed by atoms with Gasteiger partial charge in [0.1, 0.15) is 11.6 Å². The zero-order valence-electron chi connectivity index (χ0n) is 25.1. The van der Waals surface area contributed by atoms with E-state index in [1.807, 2.05) is 23.1 Å². The van der Waals surface area contributed by atoms with E-state index in [9.17, 15) is 14.0 Å². The van der Waals surface area contributed by atoms with Gasteiger partial charge in [-0.3, -0.25) is 9.59 Å². The molecular weight excluding hydrogens is 621 g/mol. The Kier molecular flexibility index (Phi) is 9.47. The molecule has 2 amide bonds. The first-order chi connectivity index (χ1) is 21.4. The number of rotatable bonds is 11. The SMILES string of the molecule is CC(=O)N1CC2CC(c3ccc(CCCOc4cc(F)ccc4Br)cc3)=C(C(=O)N(CCc3ccccc3)C3CC3)[C@@H](C1)N2. The van der Waals surface area contributed by atoms with Crippen molar-refractivity contribution in [2.24, 2.45) is 0 Å². The average Bonchev–Trinajstić information content (AvgIpc) is 3.87. The number of ether oxygens (including phenoxy) is 1. The lowest BCUT2D eigenvalue weighted by molar-refractivity contribution is -0.132. The Balaban J connectivity index is 1.20. The summed E-state index contributed by atoms with van der Waals surface area (Å²) in [7, 11) is 0. The number of carbonyl (C=O) groups is 2. The van der Waals surface area contributed by atoms with Crippen LogP contribution in [0.3, 0.4) is 0 Å². The van der Waals surface area contributed by atoms with Gasteiger partial charge in [-0.1, -0.05) is 54.6 Å². The van der Waals surface area contributed by atoms with Crippen LogP contribution < -0.4 is 10.1 Å². The molecule has 2 heterocycles. The highest BCUT2D eigenvalue weighted by molar-refractivity contribution is 9.10. The molecule has 1 N–H and O–H groups in total. The maximum Gasteiger partial charge on any atom is 0.252 e. The first kappa shape index (κ1) is 30.5. The number of amides is 2. The smallest absolute Gasteiger partial charge is 0.252 e. The molecule has 3 aliphatic rings. The van der Waals surface area contributed by atoms with Crippen LogP contribution in [0.15, 0.2) is 82.8 Å². The summed E-state index contributed by atoms with van der Waals surface area (Å²) in [5, 5.41) is 3.68. The lowest BCUT2D eigenvalue weighted by Gasteiger charge is -2.44. The lowest BCUT2D eigenvalue weighted by Crippen LogP contribution is -2.62. The van der Waals surface area contributed by atoms with Gasteiger partial charge in [-0.2, -0.15) is 0 Å². The molecule has 0 radical (unpaired) electrons. The number of nitrogens with zero attached hydrogens (tertiary/aromatic N) is 2. The number of halogens is 2. The van der Waals surface area contributed by atoms with E-state index in [-0.39, 0.29) is 35.8 Å². The zero-order valence-corrected chi connectivity index (χ0v) is 26.7. The first-order valence-electron chi connectivity index (χ1n) is 15.6. The molecule has 0 spiro atoms.